The van der Waals surface area contributed by atoms with Gasteiger partial charge in [-0.3, -0.25) is 9.11 Å². The van der Waals surface area contributed by atoms with Crippen LogP contribution >= 0.6 is 22.4 Å². The van der Waals surface area contributed by atoms with Crippen LogP contribution in [0.2, 0.25) is 0 Å². The molecule has 0 radical (unpaired) electrons. The molecule has 0 saturated carbocycles. The number of carbonyl (C=O) groups is 1. The fourth-order valence-electron chi connectivity index (χ4n) is 5.50. The van der Waals surface area contributed by atoms with E-state index in [9.17, 15) is 18.3 Å². The molecule has 3 N–H and O–H groups in total. The molecule has 2 aromatic rings. The molecule has 2 atom stereocenters. The summed E-state index contributed by atoms with van der Waals surface area (Å²) in [5.41, 5.74) is 1.68. The third-order valence-electron chi connectivity index (χ3n) is 7.71. The highest BCUT2D eigenvalue weighted by atomic mass is 32.3. The summed E-state index contributed by atoms with van der Waals surface area (Å²) in [5, 5.41) is 8.49. The third kappa shape index (κ3) is 6.36. The Morgan fingerprint density at radius 3 is 2.32 bits per heavy atom. The molecule has 2 aromatic carbocycles. The lowest BCUT2D eigenvalue weighted by atomic mass is 9.67. The first-order chi connectivity index (χ1) is 17.6. The summed E-state index contributed by atoms with van der Waals surface area (Å²) >= 11 is 1.38. The van der Waals surface area contributed by atoms with Crippen molar-refractivity contribution in [2.75, 3.05) is 6.26 Å². The number of carboxylic acids is 1. The second-order valence-electron chi connectivity index (χ2n) is 9.90. The van der Waals surface area contributed by atoms with Crippen molar-refractivity contribution in [3.63, 3.8) is 0 Å². The first kappa shape index (κ1) is 29.6. The highest BCUT2D eigenvalue weighted by Crippen LogP contribution is 2.67. The van der Waals surface area contributed by atoms with Crippen LogP contribution in [0.5, 0.6) is 5.75 Å². The molecule has 0 fully saturated rings. The molecule has 8 heteroatoms. The van der Waals surface area contributed by atoms with E-state index in [0.717, 1.165) is 56.1 Å². The number of ether oxygens (including phenoxy) is 1. The molecule has 5 nitrogen and oxygen atoms in total. The molecule has 0 bridgehead atoms. The lowest BCUT2D eigenvalue weighted by Crippen LogP contribution is -2.37. The molecule has 37 heavy (non-hydrogen) atoms. The first-order valence-corrected chi connectivity index (χ1v) is 15.7. The summed E-state index contributed by atoms with van der Waals surface area (Å²) < 4.78 is 43.0. The van der Waals surface area contributed by atoms with Crippen molar-refractivity contribution in [2.45, 2.75) is 86.7 Å². The highest BCUT2D eigenvalue weighted by molar-refractivity contribution is 8.25. The number of hydrogen-bond acceptors (Lipinski definition) is 5. The van der Waals surface area contributed by atoms with E-state index in [1.165, 1.54) is 11.8 Å². The van der Waals surface area contributed by atoms with Gasteiger partial charge in [-0.2, -0.15) is 15.0 Å². The van der Waals surface area contributed by atoms with Gasteiger partial charge in [-0.25, -0.2) is 4.79 Å². The van der Waals surface area contributed by atoms with Gasteiger partial charge in [0.05, 0.1) is 15.0 Å². The van der Waals surface area contributed by atoms with Crippen molar-refractivity contribution in [1.29, 1.82) is 0 Å². The van der Waals surface area contributed by atoms with Gasteiger partial charge in [-0.15, -0.1) is 11.8 Å². The Kier molecular flexibility index (Phi) is 10.1. The third-order valence-corrected chi connectivity index (χ3v) is 11.0. The van der Waals surface area contributed by atoms with Crippen LogP contribution in [0, 0.1) is 5.41 Å². The van der Waals surface area contributed by atoms with Crippen LogP contribution in [0.1, 0.15) is 82.8 Å². The number of carboxylic acid groups (broad SMARTS) is 1. The van der Waals surface area contributed by atoms with Gasteiger partial charge in [0, 0.05) is 12.0 Å². The molecular formula is C29H39FO5S2. The number of hydrogen-bond donors (Lipinski definition) is 3. The van der Waals surface area contributed by atoms with Crippen molar-refractivity contribution in [3.8, 4) is 5.75 Å². The predicted molar refractivity (Wildman–Crippen MR) is 151 cm³/mol. The maximum Gasteiger partial charge on any atom is 0.368 e. The summed E-state index contributed by atoms with van der Waals surface area (Å²) in [6, 6.07) is 13.7. The lowest BCUT2D eigenvalue weighted by molar-refractivity contribution is -0.134. The summed E-state index contributed by atoms with van der Waals surface area (Å²) in [4.78, 5) is 12.0. The van der Waals surface area contributed by atoms with Gasteiger partial charge >= 0.3 is 5.97 Å². The van der Waals surface area contributed by atoms with Crippen molar-refractivity contribution in [1.82, 2.24) is 0 Å². The van der Waals surface area contributed by atoms with Crippen LogP contribution in [0.25, 0.3) is 0 Å². The fourth-order valence-corrected chi connectivity index (χ4v) is 8.30. The SMILES string of the molecule is CCCCC1(CCCC)CC(c2ccccc2)c2cc(SC)c(O/C=C(\F)C(=O)O)cc2S(O)(O)C1C. The van der Waals surface area contributed by atoms with Crippen molar-refractivity contribution in [3.05, 3.63) is 65.7 Å². The van der Waals surface area contributed by atoms with Gasteiger partial charge in [0.1, 0.15) is 12.0 Å². The van der Waals surface area contributed by atoms with Gasteiger partial charge in [-0.05, 0) is 55.1 Å². The minimum absolute atomic E-state index is 0.0627. The van der Waals surface area contributed by atoms with Crippen LogP contribution < -0.4 is 4.74 Å². The second-order valence-corrected chi connectivity index (χ2v) is 13.1. The molecule has 0 aliphatic carbocycles. The van der Waals surface area contributed by atoms with Crippen LogP contribution in [0.3, 0.4) is 0 Å². The predicted octanol–water partition coefficient (Wildman–Crippen LogP) is 9.08. The van der Waals surface area contributed by atoms with Gasteiger partial charge in [0.25, 0.3) is 0 Å². The summed E-state index contributed by atoms with van der Waals surface area (Å²) in [5.74, 6) is -3.01. The number of unbranched alkanes of at least 4 members (excludes halogenated alkanes) is 2. The summed E-state index contributed by atoms with van der Waals surface area (Å²) in [6.07, 6.45) is 9.08. The smallest absolute Gasteiger partial charge is 0.368 e. The molecule has 1 aliphatic rings. The normalized spacial score (nSPS) is 21.5. The number of halogens is 1. The number of thioether (sulfide) groups is 1. The van der Waals surface area contributed by atoms with Crippen LogP contribution in [0.4, 0.5) is 4.39 Å². The highest BCUT2D eigenvalue weighted by Gasteiger charge is 2.48. The molecule has 0 spiro atoms. The van der Waals surface area contributed by atoms with Crippen molar-refractivity contribution < 1.29 is 28.1 Å². The van der Waals surface area contributed by atoms with Gasteiger partial charge < -0.3 is 9.84 Å². The van der Waals surface area contributed by atoms with E-state index in [2.05, 4.69) is 26.0 Å². The van der Waals surface area contributed by atoms with E-state index >= 15 is 0 Å². The maximum absolute atomic E-state index is 13.7. The minimum atomic E-state index is -3.29. The molecule has 0 saturated heterocycles. The summed E-state index contributed by atoms with van der Waals surface area (Å²) in [6.45, 7) is 6.29. The van der Waals surface area contributed by atoms with E-state index in [-0.39, 0.29) is 17.1 Å². The Labute approximate surface area is 225 Å². The molecule has 1 aliphatic heterocycles. The van der Waals surface area contributed by atoms with Crippen molar-refractivity contribution in [2.24, 2.45) is 5.41 Å². The van der Waals surface area contributed by atoms with Crippen LogP contribution in [0.15, 0.2) is 64.3 Å². The molecule has 2 unspecified atom stereocenters. The zero-order valence-corrected chi connectivity index (χ0v) is 23.7. The average Bonchev–Trinajstić information content (AvgIpc) is 2.97. The molecule has 1 heterocycles. The quantitative estimate of drug-likeness (QED) is 0.147. The largest absolute Gasteiger partial charge is 0.476 e. The molecule has 204 valence electrons. The first-order valence-electron chi connectivity index (χ1n) is 12.9. The number of fused-ring (bicyclic) bond motifs is 1. The Morgan fingerprint density at radius 2 is 1.78 bits per heavy atom. The average molecular weight is 551 g/mol. The molecule has 0 amide bonds. The summed E-state index contributed by atoms with van der Waals surface area (Å²) in [7, 11) is -3.29. The number of benzene rings is 2. The van der Waals surface area contributed by atoms with E-state index in [1.807, 2.05) is 37.4 Å². The van der Waals surface area contributed by atoms with E-state index in [1.54, 1.807) is 6.07 Å². The zero-order chi connectivity index (χ0) is 27.2. The van der Waals surface area contributed by atoms with E-state index in [4.69, 9.17) is 9.84 Å². The molecule has 0 aromatic heterocycles. The topological polar surface area (TPSA) is 87.0 Å². The zero-order valence-electron chi connectivity index (χ0n) is 22.1. The van der Waals surface area contributed by atoms with Crippen molar-refractivity contribution >= 4 is 28.3 Å². The van der Waals surface area contributed by atoms with Gasteiger partial charge in [0.2, 0.25) is 5.83 Å². The van der Waals surface area contributed by atoms with E-state index < -0.39 is 27.6 Å². The Hall–Kier alpha value is -2.00. The Bertz CT molecular complexity index is 1090. The Morgan fingerprint density at radius 1 is 1.16 bits per heavy atom. The van der Waals surface area contributed by atoms with E-state index in [0.29, 0.717) is 16.1 Å². The number of rotatable bonds is 11. The standard InChI is InChI=1S/C29H39FO5S2/c1-5-7-14-29(15-8-6-2)18-23(21-12-10-9-11-13-21)22-16-26(36-4)25(35-19-24(30)28(31)32)17-27(22)37(33,34)20(29)3/h9-13,16-17,19-20,23,33-34H,5-8,14-15,18H2,1-4H3,(H,31,32)/b24-19-. The van der Waals surface area contributed by atoms with Crippen LogP contribution in [-0.2, 0) is 4.79 Å². The monoisotopic (exact) mass is 550 g/mol. The van der Waals surface area contributed by atoms with Crippen LogP contribution in [-0.4, -0.2) is 31.7 Å². The second kappa shape index (κ2) is 12.7. The lowest BCUT2D eigenvalue weighted by Gasteiger charge is -2.49. The Balaban J connectivity index is 2.28. The van der Waals surface area contributed by atoms with Gasteiger partial charge in [-0.1, -0.05) is 69.9 Å². The fraction of sp³-hybridized carbons (Fsp3) is 0.483. The molecular weight excluding hydrogens is 511 g/mol. The minimum Gasteiger partial charge on any atom is -0.476 e. The molecule has 3 rings (SSSR count). The maximum atomic E-state index is 13.7. The van der Waals surface area contributed by atoms with Gasteiger partial charge in [0.15, 0.2) is 0 Å². The number of aliphatic carboxylic acids is 1.